The standard InChI is InChI=1S/C25H30N4O2/c1-17(2)23(28-22(30)16-18-8-4-3-5-9-18)25(31)29-14-12-19(13-15-29)24-26-20-10-6-7-11-21(20)27-24/h3-11,17,19,23H,12-16H2,1-2H3,(H,26,27)(H,28,30). The fraction of sp³-hybridized carbons (Fsp3) is 0.400. The lowest BCUT2D eigenvalue weighted by molar-refractivity contribution is -0.138. The lowest BCUT2D eigenvalue weighted by Crippen LogP contribution is -2.53. The largest absolute Gasteiger partial charge is 0.344 e. The summed E-state index contributed by atoms with van der Waals surface area (Å²) in [4.78, 5) is 35.8. The predicted octanol–water partition coefficient (Wildman–Crippen LogP) is 3.65. The van der Waals surface area contributed by atoms with Gasteiger partial charge in [0.2, 0.25) is 11.8 Å². The van der Waals surface area contributed by atoms with Crippen LogP contribution in [0.2, 0.25) is 0 Å². The van der Waals surface area contributed by atoms with E-state index < -0.39 is 6.04 Å². The van der Waals surface area contributed by atoms with E-state index in [1.165, 1.54) is 0 Å². The number of carbonyl (C=O) groups is 2. The summed E-state index contributed by atoms with van der Waals surface area (Å²) < 4.78 is 0. The highest BCUT2D eigenvalue weighted by atomic mass is 16.2. The Balaban J connectivity index is 1.35. The molecular weight excluding hydrogens is 388 g/mol. The highest BCUT2D eigenvalue weighted by Crippen LogP contribution is 2.28. The average Bonchev–Trinajstić information content (AvgIpc) is 3.22. The number of likely N-dealkylation sites (tertiary alicyclic amines) is 1. The van der Waals surface area contributed by atoms with Gasteiger partial charge in [0.15, 0.2) is 0 Å². The van der Waals surface area contributed by atoms with Gasteiger partial charge in [0.25, 0.3) is 0 Å². The molecule has 162 valence electrons. The number of amides is 2. The van der Waals surface area contributed by atoms with Crippen LogP contribution in [0.3, 0.4) is 0 Å². The van der Waals surface area contributed by atoms with Crippen LogP contribution in [0.5, 0.6) is 0 Å². The number of carbonyl (C=O) groups excluding carboxylic acids is 2. The number of benzene rings is 2. The smallest absolute Gasteiger partial charge is 0.245 e. The van der Waals surface area contributed by atoms with Crippen molar-refractivity contribution in [3.8, 4) is 0 Å². The molecule has 0 spiro atoms. The molecule has 2 heterocycles. The Bertz CT molecular complexity index is 1000. The summed E-state index contributed by atoms with van der Waals surface area (Å²) in [7, 11) is 0. The number of nitrogens with one attached hydrogen (secondary N) is 2. The lowest BCUT2D eigenvalue weighted by atomic mass is 9.94. The second-order valence-electron chi connectivity index (χ2n) is 8.69. The van der Waals surface area contributed by atoms with Gasteiger partial charge in [0.05, 0.1) is 17.5 Å². The van der Waals surface area contributed by atoms with E-state index in [4.69, 9.17) is 4.98 Å². The van der Waals surface area contributed by atoms with E-state index in [9.17, 15) is 9.59 Å². The Morgan fingerprint density at radius 2 is 1.74 bits per heavy atom. The first-order valence-electron chi connectivity index (χ1n) is 11.1. The van der Waals surface area contributed by atoms with Crippen LogP contribution < -0.4 is 5.32 Å². The molecule has 0 aliphatic carbocycles. The van der Waals surface area contributed by atoms with E-state index in [0.29, 0.717) is 19.0 Å². The molecular formula is C25H30N4O2. The number of piperidine rings is 1. The van der Waals surface area contributed by atoms with E-state index in [1.807, 2.05) is 73.3 Å². The van der Waals surface area contributed by atoms with Gasteiger partial charge in [-0.15, -0.1) is 0 Å². The van der Waals surface area contributed by atoms with Gasteiger partial charge in [-0.05, 0) is 36.5 Å². The molecule has 1 aromatic heterocycles. The topological polar surface area (TPSA) is 78.1 Å². The average molecular weight is 419 g/mol. The summed E-state index contributed by atoms with van der Waals surface area (Å²) in [5.41, 5.74) is 2.98. The molecule has 1 aliphatic rings. The van der Waals surface area contributed by atoms with E-state index in [2.05, 4.69) is 10.3 Å². The number of rotatable bonds is 6. The number of aromatic nitrogens is 2. The van der Waals surface area contributed by atoms with Crippen molar-refractivity contribution in [1.29, 1.82) is 0 Å². The van der Waals surface area contributed by atoms with E-state index in [1.54, 1.807) is 0 Å². The monoisotopic (exact) mass is 418 g/mol. The molecule has 1 atom stereocenters. The Kier molecular flexibility index (Phi) is 6.35. The van der Waals surface area contributed by atoms with Crippen LogP contribution >= 0.6 is 0 Å². The Morgan fingerprint density at radius 1 is 1.06 bits per heavy atom. The lowest BCUT2D eigenvalue weighted by Gasteiger charge is -2.35. The predicted molar refractivity (Wildman–Crippen MR) is 122 cm³/mol. The van der Waals surface area contributed by atoms with Crippen LogP contribution in [0.4, 0.5) is 0 Å². The van der Waals surface area contributed by atoms with Crippen LogP contribution in [0.25, 0.3) is 11.0 Å². The molecule has 6 nitrogen and oxygen atoms in total. The summed E-state index contributed by atoms with van der Waals surface area (Å²) in [6, 6.07) is 17.2. The number of aromatic amines is 1. The second kappa shape index (κ2) is 9.33. The summed E-state index contributed by atoms with van der Waals surface area (Å²) in [5, 5.41) is 2.97. The number of hydrogen-bond acceptors (Lipinski definition) is 3. The summed E-state index contributed by atoms with van der Waals surface area (Å²) in [6.45, 7) is 5.32. The highest BCUT2D eigenvalue weighted by Gasteiger charge is 2.32. The maximum atomic E-state index is 13.2. The second-order valence-corrected chi connectivity index (χ2v) is 8.69. The number of hydrogen-bond donors (Lipinski definition) is 2. The molecule has 2 N–H and O–H groups in total. The Morgan fingerprint density at radius 3 is 2.42 bits per heavy atom. The van der Waals surface area contributed by atoms with Crippen LogP contribution in [0.1, 0.15) is 44.0 Å². The molecule has 31 heavy (non-hydrogen) atoms. The zero-order valence-electron chi connectivity index (χ0n) is 18.2. The summed E-state index contributed by atoms with van der Waals surface area (Å²) in [6.07, 6.45) is 2.02. The third-order valence-electron chi connectivity index (χ3n) is 6.06. The van der Waals surface area contributed by atoms with Crippen LogP contribution in [-0.2, 0) is 16.0 Å². The summed E-state index contributed by atoms with van der Waals surface area (Å²) >= 11 is 0. The van der Waals surface area contributed by atoms with Crippen molar-refractivity contribution >= 4 is 22.8 Å². The van der Waals surface area contributed by atoms with Gasteiger partial charge in [0.1, 0.15) is 11.9 Å². The third kappa shape index (κ3) is 4.95. The van der Waals surface area contributed by atoms with E-state index in [0.717, 1.165) is 35.3 Å². The van der Waals surface area contributed by atoms with E-state index in [-0.39, 0.29) is 24.2 Å². The molecule has 0 bridgehead atoms. The van der Waals surface area contributed by atoms with Crippen molar-refractivity contribution in [3.63, 3.8) is 0 Å². The van der Waals surface area contributed by atoms with Gasteiger partial charge >= 0.3 is 0 Å². The molecule has 1 aliphatic heterocycles. The van der Waals surface area contributed by atoms with Crippen molar-refractivity contribution in [2.24, 2.45) is 5.92 Å². The van der Waals surface area contributed by atoms with Gasteiger partial charge in [-0.3, -0.25) is 9.59 Å². The minimum Gasteiger partial charge on any atom is -0.344 e. The van der Waals surface area contributed by atoms with Crippen molar-refractivity contribution < 1.29 is 9.59 Å². The molecule has 1 saturated heterocycles. The maximum absolute atomic E-state index is 13.2. The molecule has 3 aromatic rings. The zero-order chi connectivity index (χ0) is 21.8. The summed E-state index contributed by atoms with van der Waals surface area (Å²) in [5.74, 6) is 1.25. The molecule has 1 unspecified atom stereocenters. The fourth-order valence-electron chi connectivity index (χ4n) is 4.26. The molecule has 2 amide bonds. The molecule has 0 saturated carbocycles. The third-order valence-corrected chi connectivity index (χ3v) is 6.06. The zero-order valence-corrected chi connectivity index (χ0v) is 18.2. The first-order valence-corrected chi connectivity index (χ1v) is 11.1. The number of imidazole rings is 1. The van der Waals surface area contributed by atoms with Crippen LogP contribution in [0.15, 0.2) is 54.6 Å². The number of H-pyrrole nitrogens is 1. The molecule has 1 fully saturated rings. The van der Waals surface area contributed by atoms with Gasteiger partial charge in [-0.25, -0.2) is 4.98 Å². The Labute approximate surface area is 183 Å². The van der Waals surface area contributed by atoms with Crippen molar-refractivity contribution in [2.75, 3.05) is 13.1 Å². The van der Waals surface area contributed by atoms with Crippen molar-refractivity contribution in [3.05, 3.63) is 66.0 Å². The van der Waals surface area contributed by atoms with Crippen molar-refractivity contribution in [2.45, 2.75) is 45.1 Å². The minimum atomic E-state index is -0.501. The highest BCUT2D eigenvalue weighted by molar-refractivity contribution is 5.88. The van der Waals surface area contributed by atoms with Gasteiger partial charge < -0.3 is 15.2 Å². The van der Waals surface area contributed by atoms with Gasteiger partial charge in [-0.2, -0.15) is 0 Å². The number of fused-ring (bicyclic) bond motifs is 1. The van der Waals surface area contributed by atoms with Gasteiger partial charge in [-0.1, -0.05) is 56.3 Å². The first-order chi connectivity index (χ1) is 15.0. The first kappa shape index (κ1) is 21.1. The Hall–Kier alpha value is -3.15. The quantitative estimate of drug-likeness (QED) is 0.641. The SMILES string of the molecule is CC(C)C(NC(=O)Cc1ccccc1)C(=O)N1CCC(c2nc3ccccc3[nH]2)CC1. The molecule has 0 radical (unpaired) electrons. The fourth-order valence-corrected chi connectivity index (χ4v) is 4.26. The minimum absolute atomic E-state index is 0.0134. The van der Waals surface area contributed by atoms with Gasteiger partial charge in [0, 0.05) is 19.0 Å². The van der Waals surface area contributed by atoms with Crippen LogP contribution in [-0.4, -0.2) is 45.8 Å². The number of para-hydroxylation sites is 2. The van der Waals surface area contributed by atoms with Crippen molar-refractivity contribution in [1.82, 2.24) is 20.2 Å². The molecule has 4 rings (SSSR count). The molecule has 2 aromatic carbocycles. The van der Waals surface area contributed by atoms with E-state index >= 15 is 0 Å². The van der Waals surface area contributed by atoms with Crippen LogP contribution in [0, 0.1) is 5.92 Å². The molecule has 6 heteroatoms. The number of nitrogens with zero attached hydrogens (tertiary/aromatic N) is 2. The maximum Gasteiger partial charge on any atom is 0.245 e. The normalized spacial score (nSPS) is 15.9.